The van der Waals surface area contributed by atoms with Crippen molar-refractivity contribution in [1.82, 2.24) is 15.2 Å². The average molecular weight is 349 g/mol. The molecule has 2 heterocycles. The number of nitrogens with two attached hydrogens (primary N) is 1. The third-order valence-corrected chi connectivity index (χ3v) is 4.86. The highest BCUT2D eigenvalue weighted by atomic mass is 35.5. The minimum absolute atomic E-state index is 0.0133. The van der Waals surface area contributed by atoms with Gasteiger partial charge in [-0.2, -0.15) is 0 Å². The van der Waals surface area contributed by atoms with Crippen LogP contribution in [0.2, 0.25) is 5.02 Å². The van der Waals surface area contributed by atoms with E-state index in [-0.39, 0.29) is 30.4 Å². The first-order chi connectivity index (χ1) is 11.4. The van der Waals surface area contributed by atoms with Gasteiger partial charge in [0.1, 0.15) is 5.69 Å². The van der Waals surface area contributed by atoms with Gasteiger partial charge in [-0.25, -0.2) is 0 Å². The van der Waals surface area contributed by atoms with Crippen molar-refractivity contribution >= 4 is 34.3 Å². The fourth-order valence-corrected chi connectivity index (χ4v) is 3.48. The Bertz CT molecular complexity index is 773. The Balaban J connectivity index is 1.71. The van der Waals surface area contributed by atoms with Crippen LogP contribution in [0.4, 0.5) is 0 Å². The van der Waals surface area contributed by atoms with Crippen LogP contribution in [0.1, 0.15) is 30.3 Å². The number of hydrogen-bond donors (Lipinski definition) is 3. The number of piperidine rings is 1. The second kappa shape index (κ2) is 6.83. The molecule has 6 nitrogen and oxygen atoms in total. The maximum atomic E-state index is 12.6. The van der Waals surface area contributed by atoms with Crippen LogP contribution < -0.4 is 11.1 Å². The third kappa shape index (κ3) is 3.55. The molecule has 1 fully saturated rings. The van der Waals surface area contributed by atoms with Crippen molar-refractivity contribution in [3.8, 4) is 0 Å². The molecule has 4 N–H and O–H groups in total. The predicted octanol–water partition coefficient (Wildman–Crippen LogP) is 1.89. The van der Waals surface area contributed by atoms with Crippen LogP contribution in [0.3, 0.4) is 0 Å². The fourth-order valence-electron chi connectivity index (χ4n) is 3.30. The number of nitrogens with one attached hydrogen (secondary N) is 2. The van der Waals surface area contributed by atoms with Gasteiger partial charge in [0.05, 0.1) is 6.54 Å². The average Bonchev–Trinajstić information content (AvgIpc) is 2.94. The molecular weight excluding hydrogens is 328 g/mol. The van der Waals surface area contributed by atoms with Crippen LogP contribution in [0.5, 0.6) is 0 Å². The molecule has 3 rings (SSSR count). The molecule has 0 saturated carbocycles. The molecule has 1 aromatic heterocycles. The second-order valence-corrected chi connectivity index (χ2v) is 6.75. The number of primary amides is 1. The molecule has 1 aliphatic heterocycles. The molecule has 0 bridgehead atoms. The monoisotopic (exact) mass is 348 g/mol. The molecule has 0 spiro atoms. The highest BCUT2D eigenvalue weighted by Crippen LogP contribution is 2.21. The maximum absolute atomic E-state index is 12.6. The lowest BCUT2D eigenvalue weighted by Crippen LogP contribution is -2.55. The number of likely N-dealkylation sites (tertiary alicyclic amines) is 1. The number of carbonyl (C=O) groups is 2. The molecule has 1 aliphatic rings. The number of H-pyrrole nitrogens is 1. The zero-order chi connectivity index (χ0) is 17.3. The van der Waals surface area contributed by atoms with Gasteiger partial charge in [0, 0.05) is 28.0 Å². The first kappa shape index (κ1) is 16.8. The normalized spacial score (nSPS) is 21.8. The summed E-state index contributed by atoms with van der Waals surface area (Å²) in [7, 11) is 0. The number of amides is 2. The third-order valence-electron chi connectivity index (χ3n) is 4.62. The SMILES string of the molecule is CC1C(NC(=O)c2cc3cc(Cl)ccc3[nH]2)CCCN1CC(N)=O. The number of carbonyl (C=O) groups excluding carboxylic acids is 2. The quantitative estimate of drug-likeness (QED) is 0.788. The van der Waals surface area contributed by atoms with Crippen molar-refractivity contribution in [3.63, 3.8) is 0 Å². The molecule has 0 aliphatic carbocycles. The van der Waals surface area contributed by atoms with Gasteiger partial charge in [-0.1, -0.05) is 11.6 Å². The zero-order valence-electron chi connectivity index (χ0n) is 13.5. The van der Waals surface area contributed by atoms with E-state index >= 15 is 0 Å². The number of halogens is 1. The number of fused-ring (bicyclic) bond motifs is 1. The summed E-state index contributed by atoms with van der Waals surface area (Å²) in [5, 5.41) is 4.60. The molecule has 7 heteroatoms. The maximum Gasteiger partial charge on any atom is 0.268 e. The Hall–Kier alpha value is -2.05. The first-order valence-electron chi connectivity index (χ1n) is 8.05. The van der Waals surface area contributed by atoms with Crippen LogP contribution in [0.15, 0.2) is 24.3 Å². The Morgan fingerprint density at radius 3 is 2.96 bits per heavy atom. The number of aromatic nitrogens is 1. The van der Waals surface area contributed by atoms with Crippen LogP contribution in [-0.2, 0) is 4.79 Å². The lowest BCUT2D eigenvalue weighted by molar-refractivity contribution is -0.120. The summed E-state index contributed by atoms with van der Waals surface area (Å²) in [5.74, 6) is -0.499. The summed E-state index contributed by atoms with van der Waals surface area (Å²) >= 11 is 5.98. The largest absolute Gasteiger partial charge is 0.369 e. The van der Waals surface area contributed by atoms with E-state index in [9.17, 15) is 9.59 Å². The number of rotatable bonds is 4. The molecule has 1 aromatic carbocycles. The van der Waals surface area contributed by atoms with Crippen LogP contribution in [-0.4, -0.2) is 46.9 Å². The second-order valence-electron chi connectivity index (χ2n) is 6.31. The summed E-state index contributed by atoms with van der Waals surface area (Å²) in [6, 6.07) is 7.31. The van der Waals surface area contributed by atoms with Gasteiger partial charge in [0.2, 0.25) is 5.91 Å². The van der Waals surface area contributed by atoms with E-state index in [0.29, 0.717) is 10.7 Å². The standard InChI is InChI=1S/C17H21ClN4O2/c1-10-13(3-2-6-22(10)9-16(19)23)21-17(24)15-8-11-7-12(18)4-5-14(11)20-15/h4-5,7-8,10,13,20H,2-3,6,9H2,1H3,(H2,19,23)(H,21,24). The zero-order valence-corrected chi connectivity index (χ0v) is 14.3. The lowest BCUT2D eigenvalue weighted by atomic mass is 9.97. The van der Waals surface area contributed by atoms with E-state index in [1.165, 1.54) is 0 Å². The number of hydrogen-bond acceptors (Lipinski definition) is 3. The number of aromatic amines is 1. The van der Waals surface area contributed by atoms with E-state index < -0.39 is 0 Å². The highest BCUT2D eigenvalue weighted by Gasteiger charge is 2.30. The number of benzene rings is 1. The Labute approximate surface area is 145 Å². The van der Waals surface area contributed by atoms with E-state index in [2.05, 4.69) is 10.3 Å². The van der Waals surface area contributed by atoms with Crippen molar-refractivity contribution in [3.05, 3.63) is 35.0 Å². The van der Waals surface area contributed by atoms with Gasteiger partial charge in [-0.05, 0) is 50.6 Å². The summed E-state index contributed by atoms with van der Waals surface area (Å²) < 4.78 is 0. The van der Waals surface area contributed by atoms with Gasteiger partial charge >= 0.3 is 0 Å². The van der Waals surface area contributed by atoms with Crippen LogP contribution >= 0.6 is 11.6 Å². The molecular formula is C17H21ClN4O2. The number of nitrogens with zero attached hydrogens (tertiary/aromatic N) is 1. The van der Waals surface area contributed by atoms with Crippen LogP contribution in [0, 0.1) is 0 Å². The Morgan fingerprint density at radius 1 is 1.42 bits per heavy atom. The van der Waals surface area contributed by atoms with Crippen molar-refractivity contribution in [2.45, 2.75) is 31.8 Å². The molecule has 128 valence electrons. The first-order valence-corrected chi connectivity index (χ1v) is 8.43. The minimum atomic E-state index is -0.346. The highest BCUT2D eigenvalue weighted by molar-refractivity contribution is 6.31. The fraction of sp³-hybridized carbons (Fsp3) is 0.412. The van der Waals surface area contributed by atoms with E-state index in [1.807, 2.05) is 24.0 Å². The van der Waals surface area contributed by atoms with E-state index in [4.69, 9.17) is 17.3 Å². The molecule has 1 saturated heterocycles. The molecule has 2 amide bonds. The molecule has 2 aromatic rings. The minimum Gasteiger partial charge on any atom is -0.369 e. The van der Waals surface area contributed by atoms with Gasteiger partial charge in [0.25, 0.3) is 5.91 Å². The van der Waals surface area contributed by atoms with Crippen molar-refractivity contribution in [2.24, 2.45) is 5.73 Å². The summed E-state index contributed by atoms with van der Waals surface area (Å²) in [4.78, 5) is 28.9. The van der Waals surface area contributed by atoms with Gasteiger partial charge in [-0.15, -0.1) is 0 Å². The van der Waals surface area contributed by atoms with Crippen LogP contribution in [0.25, 0.3) is 10.9 Å². The summed E-state index contributed by atoms with van der Waals surface area (Å²) in [6.45, 7) is 3.05. The topological polar surface area (TPSA) is 91.2 Å². The van der Waals surface area contributed by atoms with E-state index in [0.717, 1.165) is 30.3 Å². The molecule has 24 heavy (non-hydrogen) atoms. The predicted molar refractivity (Wildman–Crippen MR) is 94.0 cm³/mol. The van der Waals surface area contributed by atoms with Crippen molar-refractivity contribution in [2.75, 3.05) is 13.1 Å². The smallest absolute Gasteiger partial charge is 0.268 e. The van der Waals surface area contributed by atoms with E-state index in [1.54, 1.807) is 12.1 Å². The van der Waals surface area contributed by atoms with Crippen molar-refractivity contribution in [1.29, 1.82) is 0 Å². The van der Waals surface area contributed by atoms with Gasteiger partial charge in [0.15, 0.2) is 0 Å². The molecule has 0 radical (unpaired) electrons. The molecule has 2 atom stereocenters. The Kier molecular flexibility index (Phi) is 4.78. The van der Waals surface area contributed by atoms with Gasteiger partial charge in [-0.3, -0.25) is 14.5 Å². The Morgan fingerprint density at radius 2 is 2.21 bits per heavy atom. The molecule has 2 unspecified atom stereocenters. The summed E-state index contributed by atoms with van der Waals surface area (Å²) in [5.41, 5.74) is 6.67. The van der Waals surface area contributed by atoms with Crippen molar-refractivity contribution < 1.29 is 9.59 Å². The lowest BCUT2D eigenvalue weighted by Gasteiger charge is -2.38. The van der Waals surface area contributed by atoms with Gasteiger partial charge < -0.3 is 16.0 Å². The summed E-state index contributed by atoms with van der Waals surface area (Å²) in [6.07, 6.45) is 1.80.